The van der Waals surface area contributed by atoms with Crippen molar-refractivity contribution in [1.82, 2.24) is 9.62 Å². The van der Waals surface area contributed by atoms with Gasteiger partial charge in [0.25, 0.3) is 0 Å². The molecule has 7 heteroatoms. The fourth-order valence-electron chi connectivity index (χ4n) is 4.54. The van der Waals surface area contributed by atoms with Gasteiger partial charge >= 0.3 is 6.03 Å². The molecule has 1 aromatic carbocycles. The van der Waals surface area contributed by atoms with Gasteiger partial charge in [-0.05, 0) is 94.1 Å². The Kier molecular flexibility index (Phi) is 6.65. The zero-order valence-electron chi connectivity index (χ0n) is 17.3. The first-order valence-electron chi connectivity index (χ1n) is 10.5. The van der Waals surface area contributed by atoms with E-state index < -0.39 is 16.1 Å². The average Bonchev–Trinajstić information content (AvgIpc) is 3.26. The van der Waals surface area contributed by atoms with Gasteiger partial charge in [0.05, 0.1) is 5.75 Å². The normalized spacial score (nSPS) is 15.8. The van der Waals surface area contributed by atoms with Crippen molar-refractivity contribution in [2.45, 2.75) is 71.8 Å². The van der Waals surface area contributed by atoms with Crippen LogP contribution in [0.3, 0.4) is 0 Å². The molecule has 6 nitrogen and oxygen atoms in total. The molecule has 0 bridgehead atoms. The summed E-state index contributed by atoms with van der Waals surface area (Å²) in [6.07, 6.45) is 6.68. The quantitative estimate of drug-likeness (QED) is 0.693. The number of benzene rings is 1. The Morgan fingerprint density at radius 1 is 1.11 bits per heavy atom. The molecule has 0 saturated carbocycles. The van der Waals surface area contributed by atoms with E-state index in [2.05, 4.69) is 41.8 Å². The number of hydrogen-bond acceptors (Lipinski definition) is 4. The summed E-state index contributed by atoms with van der Waals surface area (Å²) in [6.45, 7) is 7.85. The van der Waals surface area contributed by atoms with Gasteiger partial charge in [-0.3, -0.25) is 0 Å². The minimum atomic E-state index is -3.65. The lowest BCUT2D eigenvalue weighted by Crippen LogP contribution is -2.38. The molecule has 2 amide bonds. The van der Waals surface area contributed by atoms with Gasteiger partial charge in [-0.25, -0.2) is 17.9 Å². The second kappa shape index (κ2) is 8.82. The first kappa shape index (κ1) is 21.1. The van der Waals surface area contributed by atoms with Gasteiger partial charge in [-0.2, -0.15) is 0 Å². The topological polar surface area (TPSA) is 78.5 Å². The highest BCUT2D eigenvalue weighted by Gasteiger charge is 2.26. The van der Waals surface area contributed by atoms with E-state index in [9.17, 15) is 13.2 Å². The van der Waals surface area contributed by atoms with Crippen LogP contribution in [-0.4, -0.2) is 44.2 Å². The molecule has 1 aromatic rings. The number of carbonyl (C=O) groups excluding carboxylic acids is 1. The lowest BCUT2D eigenvalue weighted by atomic mass is 9.99. The number of amides is 2. The fourth-order valence-corrected chi connectivity index (χ4v) is 5.48. The van der Waals surface area contributed by atoms with Crippen molar-refractivity contribution in [1.29, 1.82) is 0 Å². The summed E-state index contributed by atoms with van der Waals surface area (Å²) in [5, 5.41) is 2.89. The van der Waals surface area contributed by atoms with Crippen molar-refractivity contribution in [2.75, 3.05) is 24.2 Å². The molecule has 0 saturated heterocycles. The summed E-state index contributed by atoms with van der Waals surface area (Å²) in [6, 6.07) is 2.04. The summed E-state index contributed by atoms with van der Waals surface area (Å²) in [5.41, 5.74) is 5.89. The SMILES string of the molecule is CCN(CCCS(=O)(=O)NC(=O)Nc1c2c(cc3c1CCC3)CCC2)C(C)C. The van der Waals surface area contributed by atoms with Gasteiger partial charge in [0.15, 0.2) is 0 Å². The van der Waals surface area contributed by atoms with Crippen LogP contribution < -0.4 is 10.0 Å². The second-order valence-corrected chi connectivity index (χ2v) is 10.0. The molecule has 156 valence electrons. The molecule has 0 unspecified atom stereocenters. The van der Waals surface area contributed by atoms with E-state index in [-0.39, 0.29) is 5.75 Å². The smallest absolute Gasteiger partial charge is 0.307 e. The molecule has 2 aliphatic carbocycles. The number of carbonyl (C=O) groups is 1. The van der Waals surface area contributed by atoms with Crippen LogP contribution >= 0.6 is 0 Å². The predicted molar refractivity (Wildman–Crippen MR) is 113 cm³/mol. The summed E-state index contributed by atoms with van der Waals surface area (Å²) >= 11 is 0. The second-order valence-electron chi connectivity index (χ2n) is 8.18. The monoisotopic (exact) mass is 407 g/mol. The molecule has 0 radical (unpaired) electrons. The van der Waals surface area contributed by atoms with E-state index in [0.29, 0.717) is 19.0 Å². The maximum Gasteiger partial charge on any atom is 0.332 e. The lowest BCUT2D eigenvalue weighted by Gasteiger charge is -2.24. The van der Waals surface area contributed by atoms with Crippen molar-refractivity contribution >= 4 is 21.7 Å². The average molecular weight is 408 g/mol. The first-order chi connectivity index (χ1) is 13.3. The maximum absolute atomic E-state index is 12.5. The van der Waals surface area contributed by atoms with Crippen molar-refractivity contribution in [3.8, 4) is 0 Å². The Hall–Kier alpha value is -1.60. The van der Waals surface area contributed by atoms with Crippen LogP contribution in [0.25, 0.3) is 0 Å². The number of anilines is 1. The van der Waals surface area contributed by atoms with Gasteiger partial charge in [0.2, 0.25) is 10.0 Å². The van der Waals surface area contributed by atoms with Gasteiger partial charge in [-0.15, -0.1) is 0 Å². The van der Waals surface area contributed by atoms with Gasteiger partial charge in [0, 0.05) is 11.7 Å². The van der Waals surface area contributed by atoms with E-state index in [0.717, 1.165) is 50.8 Å². The lowest BCUT2D eigenvalue weighted by molar-refractivity contribution is 0.234. The minimum Gasteiger partial charge on any atom is -0.307 e. The summed E-state index contributed by atoms with van der Waals surface area (Å²) in [4.78, 5) is 14.7. The summed E-state index contributed by atoms with van der Waals surface area (Å²) < 4.78 is 26.9. The van der Waals surface area contributed by atoms with Crippen LogP contribution in [0.5, 0.6) is 0 Å². The number of urea groups is 1. The van der Waals surface area contributed by atoms with Crippen LogP contribution in [-0.2, 0) is 35.7 Å². The molecular weight excluding hydrogens is 374 g/mol. The highest BCUT2D eigenvalue weighted by Crippen LogP contribution is 2.38. The van der Waals surface area contributed by atoms with E-state index in [1.165, 1.54) is 22.3 Å². The van der Waals surface area contributed by atoms with Crippen LogP contribution in [0.2, 0.25) is 0 Å². The fraction of sp³-hybridized carbons (Fsp3) is 0.667. The Labute approximate surface area is 169 Å². The van der Waals surface area contributed by atoms with Gasteiger partial charge in [-0.1, -0.05) is 13.0 Å². The number of fused-ring (bicyclic) bond motifs is 2. The molecule has 28 heavy (non-hydrogen) atoms. The highest BCUT2D eigenvalue weighted by molar-refractivity contribution is 7.90. The Morgan fingerprint density at radius 2 is 1.71 bits per heavy atom. The molecule has 2 aliphatic rings. The third kappa shape index (κ3) is 4.87. The number of aryl methyl sites for hydroxylation is 2. The number of hydrogen-bond donors (Lipinski definition) is 2. The number of sulfonamides is 1. The molecule has 0 atom stereocenters. The minimum absolute atomic E-state index is 0.0470. The maximum atomic E-state index is 12.5. The number of nitrogens with one attached hydrogen (secondary N) is 2. The largest absolute Gasteiger partial charge is 0.332 e. The molecule has 0 heterocycles. The summed E-state index contributed by atoms with van der Waals surface area (Å²) in [7, 11) is -3.65. The summed E-state index contributed by atoms with van der Waals surface area (Å²) in [5.74, 6) is -0.0470. The third-order valence-electron chi connectivity index (χ3n) is 5.95. The van der Waals surface area contributed by atoms with Gasteiger partial charge < -0.3 is 10.2 Å². The molecule has 0 aromatic heterocycles. The van der Waals surface area contributed by atoms with Crippen LogP contribution in [0.4, 0.5) is 10.5 Å². The van der Waals surface area contributed by atoms with E-state index in [1.807, 2.05) is 0 Å². The highest BCUT2D eigenvalue weighted by atomic mass is 32.2. The molecule has 2 N–H and O–H groups in total. The van der Waals surface area contributed by atoms with Crippen molar-refractivity contribution in [3.05, 3.63) is 28.3 Å². The van der Waals surface area contributed by atoms with Crippen molar-refractivity contribution in [3.63, 3.8) is 0 Å². The van der Waals surface area contributed by atoms with Gasteiger partial charge in [0.1, 0.15) is 0 Å². The van der Waals surface area contributed by atoms with Crippen molar-refractivity contribution in [2.24, 2.45) is 0 Å². The van der Waals surface area contributed by atoms with E-state index in [4.69, 9.17) is 0 Å². The standard InChI is InChI=1S/C21H33N3O3S/c1-4-24(15(2)3)12-7-13-28(26,27)23-21(25)22-20-18-10-5-8-16(18)14-17-9-6-11-19(17)20/h14-15H,4-13H2,1-3H3,(H2,22,23,25). The zero-order valence-corrected chi connectivity index (χ0v) is 18.1. The van der Waals surface area contributed by atoms with E-state index >= 15 is 0 Å². The van der Waals surface area contributed by atoms with Crippen molar-refractivity contribution < 1.29 is 13.2 Å². The zero-order chi connectivity index (χ0) is 20.3. The van der Waals surface area contributed by atoms with Crippen LogP contribution in [0, 0.1) is 0 Å². The molecule has 0 fully saturated rings. The van der Waals surface area contributed by atoms with E-state index in [1.54, 1.807) is 0 Å². The Balaban J connectivity index is 1.62. The first-order valence-corrected chi connectivity index (χ1v) is 12.2. The molecular formula is C21H33N3O3S. The third-order valence-corrected chi connectivity index (χ3v) is 7.28. The number of nitrogens with zero attached hydrogens (tertiary/aromatic N) is 1. The van der Waals surface area contributed by atoms with Crippen LogP contribution in [0.1, 0.15) is 62.3 Å². The Bertz CT molecular complexity index is 802. The van der Waals surface area contributed by atoms with Crippen LogP contribution in [0.15, 0.2) is 6.07 Å². The molecule has 3 rings (SSSR count). The number of rotatable bonds is 8. The molecule has 0 aliphatic heterocycles. The molecule has 0 spiro atoms. The predicted octanol–water partition coefficient (Wildman–Crippen LogP) is 3.24. The Morgan fingerprint density at radius 3 is 2.25 bits per heavy atom.